The highest BCUT2D eigenvalue weighted by atomic mass is 35.5. The van der Waals surface area contributed by atoms with Gasteiger partial charge in [-0.3, -0.25) is 4.79 Å². The van der Waals surface area contributed by atoms with Crippen LogP contribution in [0.25, 0.3) is 0 Å². The van der Waals surface area contributed by atoms with Crippen LogP contribution in [0.3, 0.4) is 0 Å². The lowest BCUT2D eigenvalue weighted by Gasteiger charge is -2.36. The monoisotopic (exact) mass is 555 g/mol. The first-order chi connectivity index (χ1) is 17.3. The molecule has 4 rings (SSSR count). The molecule has 2 fully saturated rings. The van der Waals surface area contributed by atoms with Gasteiger partial charge < -0.3 is 24.6 Å². The summed E-state index contributed by atoms with van der Waals surface area (Å²) in [4.78, 5) is 16.9. The molecule has 2 aromatic carbocycles. The minimum atomic E-state index is -3.94. The summed E-state index contributed by atoms with van der Waals surface area (Å²) in [7, 11) is -2.30. The summed E-state index contributed by atoms with van der Waals surface area (Å²) < 4.78 is 38.2. The number of carbonyl (C=O) groups is 1. The van der Waals surface area contributed by atoms with E-state index in [9.17, 15) is 13.2 Å². The van der Waals surface area contributed by atoms with E-state index in [0.717, 1.165) is 24.3 Å². The summed E-state index contributed by atoms with van der Waals surface area (Å²) >= 11 is 12.1. The standard InChI is InChI=1S/C25H31Cl2N3O5S/c1-34-19-6-4-5-18(15-19)29-11-13-30(14-12-29)24(31)17-35-25(23-7-2-3-10-28-23)36(32,33)20-8-9-21(26)22(27)16-20/h4-6,8-9,15-16,23,25,28H,2-3,7,10-14,17H2,1H3. The lowest BCUT2D eigenvalue weighted by molar-refractivity contribution is -0.137. The van der Waals surface area contributed by atoms with Crippen LogP contribution in [-0.4, -0.2) is 77.1 Å². The molecule has 0 aliphatic carbocycles. The number of piperidine rings is 1. The number of hydrogen-bond acceptors (Lipinski definition) is 7. The normalized spacial score (nSPS) is 19.7. The lowest BCUT2D eigenvalue weighted by atomic mass is 10.1. The molecule has 1 amide bonds. The molecule has 2 saturated heterocycles. The van der Waals surface area contributed by atoms with Crippen LogP contribution < -0.4 is 15.0 Å². The number of nitrogens with one attached hydrogen (secondary N) is 1. The molecular formula is C25H31Cl2N3O5S. The minimum absolute atomic E-state index is 0.0219. The van der Waals surface area contributed by atoms with Crippen LogP contribution in [-0.2, 0) is 19.4 Å². The van der Waals surface area contributed by atoms with Crippen molar-refractivity contribution in [2.24, 2.45) is 0 Å². The molecule has 2 heterocycles. The van der Waals surface area contributed by atoms with Gasteiger partial charge in [-0.15, -0.1) is 0 Å². The van der Waals surface area contributed by atoms with Gasteiger partial charge in [0.25, 0.3) is 0 Å². The van der Waals surface area contributed by atoms with E-state index in [1.165, 1.54) is 18.2 Å². The van der Waals surface area contributed by atoms with Crippen molar-refractivity contribution in [1.29, 1.82) is 0 Å². The molecule has 2 aliphatic heterocycles. The van der Waals surface area contributed by atoms with E-state index in [2.05, 4.69) is 10.2 Å². The van der Waals surface area contributed by atoms with Gasteiger partial charge in [0.2, 0.25) is 15.7 Å². The van der Waals surface area contributed by atoms with Crippen LogP contribution >= 0.6 is 23.2 Å². The van der Waals surface area contributed by atoms with E-state index in [-0.39, 0.29) is 27.5 Å². The average molecular weight is 557 g/mol. The number of halogens is 2. The molecule has 1 N–H and O–H groups in total. The Hall–Kier alpha value is -2.04. The number of methoxy groups -OCH3 is 1. The molecule has 36 heavy (non-hydrogen) atoms. The van der Waals surface area contributed by atoms with Crippen molar-refractivity contribution in [3.63, 3.8) is 0 Å². The van der Waals surface area contributed by atoms with Crippen molar-refractivity contribution in [2.45, 2.75) is 35.6 Å². The van der Waals surface area contributed by atoms with Crippen LogP contribution in [0, 0.1) is 0 Å². The Labute approximate surface area is 222 Å². The fourth-order valence-corrected chi connectivity index (χ4v) is 6.67. The van der Waals surface area contributed by atoms with Crippen molar-refractivity contribution >= 4 is 44.6 Å². The van der Waals surface area contributed by atoms with Crippen LogP contribution in [0.1, 0.15) is 19.3 Å². The molecule has 2 atom stereocenters. The van der Waals surface area contributed by atoms with Gasteiger partial charge in [-0.05, 0) is 49.7 Å². The van der Waals surface area contributed by atoms with Crippen LogP contribution in [0.5, 0.6) is 5.75 Å². The van der Waals surface area contributed by atoms with Crippen molar-refractivity contribution in [3.8, 4) is 5.75 Å². The van der Waals surface area contributed by atoms with Crippen molar-refractivity contribution < 1.29 is 22.7 Å². The quantitative estimate of drug-likeness (QED) is 0.532. The Kier molecular flexibility index (Phi) is 9.00. The third-order valence-corrected chi connectivity index (χ3v) is 9.35. The second-order valence-electron chi connectivity index (χ2n) is 8.93. The molecule has 8 nitrogen and oxygen atoms in total. The molecule has 0 bridgehead atoms. The van der Waals surface area contributed by atoms with Gasteiger partial charge in [-0.1, -0.05) is 35.7 Å². The highest BCUT2D eigenvalue weighted by Crippen LogP contribution is 2.29. The van der Waals surface area contributed by atoms with Crippen molar-refractivity contribution in [1.82, 2.24) is 10.2 Å². The van der Waals surface area contributed by atoms with E-state index in [0.29, 0.717) is 39.1 Å². The van der Waals surface area contributed by atoms with Gasteiger partial charge in [0.05, 0.1) is 22.1 Å². The van der Waals surface area contributed by atoms with Crippen molar-refractivity contribution in [3.05, 3.63) is 52.5 Å². The van der Waals surface area contributed by atoms with Crippen LogP contribution in [0.15, 0.2) is 47.4 Å². The van der Waals surface area contributed by atoms with Crippen molar-refractivity contribution in [2.75, 3.05) is 51.3 Å². The van der Waals surface area contributed by atoms with Gasteiger partial charge in [0.1, 0.15) is 12.4 Å². The first-order valence-electron chi connectivity index (χ1n) is 12.0. The third kappa shape index (κ3) is 6.26. The largest absolute Gasteiger partial charge is 0.497 e. The fraction of sp³-hybridized carbons (Fsp3) is 0.480. The summed E-state index contributed by atoms with van der Waals surface area (Å²) in [5, 5.41) is 3.67. The first-order valence-corrected chi connectivity index (χ1v) is 14.3. The zero-order chi connectivity index (χ0) is 25.7. The number of hydrogen-bond donors (Lipinski definition) is 1. The number of piperazine rings is 1. The molecule has 11 heteroatoms. The van der Waals surface area contributed by atoms with E-state index < -0.39 is 21.3 Å². The van der Waals surface area contributed by atoms with E-state index >= 15 is 0 Å². The van der Waals surface area contributed by atoms with Gasteiger partial charge in [0, 0.05) is 44.0 Å². The number of benzene rings is 2. The summed E-state index contributed by atoms with van der Waals surface area (Å²) in [5.41, 5.74) is -0.175. The second kappa shape index (κ2) is 12.0. The Morgan fingerprint density at radius 3 is 2.53 bits per heavy atom. The summed E-state index contributed by atoms with van der Waals surface area (Å²) in [6.45, 7) is 2.74. The first kappa shape index (κ1) is 27.0. The number of rotatable bonds is 8. The summed E-state index contributed by atoms with van der Waals surface area (Å²) in [6, 6.07) is 11.6. The lowest BCUT2D eigenvalue weighted by Crippen LogP contribution is -2.52. The van der Waals surface area contributed by atoms with E-state index in [1.807, 2.05) is 24.3 Å². The maximum Gasteiger partial charge on any atom is 0.248 e. The highest BCUT2D eigenvalue weighted by Gasteiger charge is 2.37. The molecule has 2 aliphatic rings. The minimum Gasteiger partial charge on any atom is -0.497 e. The maximum absolute atomic E-state index is 13.5. The molecule has 0 radical (unpaired) electrons. The third-order valence-electron chi connectivity index (χ3n) is 6.62. The van der Waals surface area contributed by atoms with Gasteiger partial charge in [-0.25, -0.2) is 8.42 Å². The Morgan fingerprint density at radius 2 is 1.86 bits per heavy atom. The number of carbonyl (C=O) groups excluding carboxylic acids is 1. The van der Waals surface area contributed by atoms with Gasteiger partial charge in [-0.2, -0.15) is 0 Å². The zero-order valence-corrected chi connectivity index (χ0v) is 22.5. The van der Waals surface area contributed by atoms with Gasteiger partial charge >= 0.3 is 0 Å². The SMILES string of the molecule is COc1cccc(N2CCN(C(=O)COC(C3CCCCN3)S(=O)(=O)c3ccc(Cl)c(Cl)c3)CC2)c1. The Bertz CT molecular complexity index is 1170. The topological polar surface area (TPSA) is 88.2 Å². The molecule has 196 valence electrons. The molecule has 2 aromatic rings. The molecule has 0 saturated carbocycles. The van der Waals surface area contributed by atoms with Crippen LogP contribution in [0.4, 0.5) is 5.69 Å². The number of nitrogens with zero attached hydrogens (tertiary/aromatic N) is 2. The molecule has 2 unspecified atom stereocenters. The summed E-state index contributed by atoms with van der Waals surface area (Å²) in [5.74, 6) is 0.551. The Balaban J connectivity index is 1.41. The van der Waals surface area contributed by atoms with Gasteiger partial charge in [0.15, 0.2) is 5.44 Å². The Morgan fingerprint density at radius 1 is 1.08 bits per heavy atom. The molecule has 0 aromatic heterocycles. The predicted octanol–water partition coefficient (Wildman–Crippen LogP) is 3.61. The smallest absolute Gasteiger partial charge is 0.248 e. The maximum atomic E-state index is 13.5. The predicted molar refractivity (Wildman–Crippen MR) is 141 cm³/mol. The fourth-order valence-electron chi connectivity index (χ4n) is 4.59. The number of ether oxygens (including phenoxy) is 2. The number of sulfone groups is 1. The van der Waals surface area contributed by atoms with Crippen LogP contribution in [0.2, 0.25) is 10.0 Å². The van der Waals surface area contributed by atoms with E-state index in [4.69, 9.17) is 32.7 Å². The van der Waals surface area contributed by atoms with E-state index in [1.54, 1.807) is 12.0 Å². The number of anilines is 1. The number of amides is 1. The zero-order valence-electron chi connectivity index (χ0n) is 20.2. The summed E-state index contributed by atoms with van der Waals surface area (Å²) in [6.07, 6.45) is 2.49. The average Bonchev–Trinajstić information content (AvgIpc) is 2.90. The molecular weight excluding hydrogens is 525 g/mol. The second-order valence-corrected chi connectivity index (χ2v) is 11.8. The highest BCUT2D eigenvalue weighted by molar-refractivity contribution is 7.92. The molecule has 0 spiro atoms.